The van der Waals surface area contributed by atoms with Crippen molar-refractivity contribution in [1.82, 2.24) is 14.5 Å². The third-order valence-corrected chi connectivity index (χ3v) is 4.99. The van der Waals surface area contributed by atoms with Crippen molar-refractivity contribution in [2.75, 3.05) is 31.7 Å². The molecule has 7 nitrogen and oxygen atoms in total. The van der Waals surface area contributed by atoms with Crippen LogP contribution in [0.15, 0.2) is 17.8 Å². The van der Waals surface area contributed by atoms with Gasteiger partial charge in [-0.15, -0.1) is 11.3 Å². The molecule has 1 saturated heterocycles. The summed E-state index contributed by atoms with van der Waals surface area (Å²) in [5.41, 5.74) is 5.63. The number of methoxy groups -OCH3 is 1. The van der Waals surface area contributed by atoms with Gasteiger partial charge in [-0.25, -0.2) is 9.97 Å². The van der Waals surface area contributed by atoms with E-state index in [-0.39, 0.29) is 0 Å². The number of carbonyl (C=O) groups excluding carboxylic acids is 1. The Hall–Kier alpha value is -1.93. The topological polar surface area (TPSA) is 86.3 Å². The van der Waals surface area contributed by atoms with Crippen LogP contribution in [0.3, 0.4) is 0 Å². The zero-order valence-corrected chi connectivity index (χ0v) is 14.0. The number of hydrogen-bond donors (Lipinski definition) is 1. The average molecular weight is 335 g/mol. The van der Waals surface area contributed by atoms with Crippen LogP contribution in [0.25, 0.3) is 0 Å². The minimum Gasteiger partial charge on any atom is -0.383 e. The van der Waals surface area contributed by atoms with Gasteiger partial charge in [0.2, 0.25) is 0 Å². The van der Waals surface area contributed by atoms with Crippen molar-refractivity contribution in [3.05, 3.63) is 29.3 Å². The van der Waals surface area contributed by atoms with E-state index in [1.165, 1.54) is 11.3 Å². The van der Waals surface area contributed by atoms with Gasteiger partial charge in [-0.05, 0) is 12.8 Å². The third-order valence-electron chi connectivity index (χ3n) is 4.09. The van der Waals surface area contributed by atoms with E-state index in [9.17, 15) is 4.79 Å². The smallest absolute Gasteiger partial charge is 0.268 e. The van der Waals surface area contributed by atoms with E-state index >= 15 is 0 Å². The van der Waals surface area contributed by atoms with Crippen LogP contribution in [-0.4, -0.2) is 47.2 Å². The Labute approximate surface area is 139 Å². The molecule has 1 unspecified atom stereocenters. The highest BCUT2D eigenvalue weighted by molar-refractivity contribution is 7.13. The van der Waals surface area contributed by atoms with E-state index in [1.54, 1.807) is 12.5 Å². The van der Waals surface area contributed by atoms with E-state index in [0.717, 1.165) is 43.4 Å². The van der Waals surface area contributed by atoms with Gasteiger partial charge in [0.05, 0.1) is 6.61 Å². The Morgan fingerprint density at radius 2 is 2.43 bits per heavy atom. The Balaban J connectivity index is 1.73. The molecular formula is C15H21N5O2S. The van der Waals surface area contributed by atoms with Gasteiger partial charge in [-0.3, -0.25) is 4.79 Å². The van der Waals surface area contributed by atoms with Crippen LogP contribution in [0.5, 0.6) is 0 Å². The number of rotatable bonds is 6. The monoisotopic (exact) mass is 335 g/mol. The number of thiazole rings is 1. The summed E-state index contributed by atoms with van der Waals surface area (Å²) in [5, 5.41) is 2.58. The molecule has 1 aliphatic heterocycles. The second-order valence-electron chi connectivity index (χ2n) is 5.64. The molecule has 0 radical (unpaired) electrons. The predicted octanol–water partition coefficient (Wildman–Crippen LogP) is 1.47. The predicted molar refractivity (Wildman–Crippen MR) is 88.9 cm³/mol. The van der Waals surface area contributed by atoms with Crippen LogP contribution in [0, 0.1) is 0 Å². The van der Waals surface area contributed by atoms with Crippen molar-refractivity contribution >= 4 is 22.4 Å². The number of ether oxygens (including phenoxy) is 1. The molecule has 0 bridgehead atoms. The van der Waals surface area contributed by atoms with Crippen molar-refractivity contribution in [3.8, 4) is 0 Å². The van der Waals surface area contributed by atoms with Crippen LogP contribution in [-0.2, 0) is 11.3 Å². The quantitative estimate of drug-likeness (QED) is 0.864. The lowest BCUT2D eigenvalue weighted by Crippen LogP contribution is -2.35. The molecule has 0 aliphatic carbocycles. The second kappa shape index (κ2) is 7.10. The molecule has 8 heteroatoms. The van der Waals surface area contributed by atoms with Gasteiger partial charge in [0.25, 0.3) is 5.91 Å². The van der Waals surface area contributed by atoms with Gasteiger partial charge in [-0.1, -0.05) is 0 Å². The van der Waals surface area contributed by atoms with Gasteiger partial charge in [-0.2, -0.15) is 0 Å². The molecule has 1 amide bonds. The maximum absolute atomic E-state index is 11.2. The molecule has 0 saturated carbocycles. The van der Waals surface area contributed by atoms with E-state index in [1.807, 2.05) is 12.4 Å². The summed E-state index contributed by atoms with van der Waals surface area (Å²) >= 11 is 1.47. The van der Waals surface area contributed by atoms with Crippen molar-refractivity contribution in [3.63, 3.8) is 0 Å². The zero-order valence-electron chi connectivity index (χ0n) is 13.1. The number of carbonyl (C=O) groups is 1. The number of imidazole rings is 1. The molecular weight excluding hydrogens is 314 g/mol. The summed E-state index contributed by atoms with van der Waals surface area (Å²) in [6.07, 6.45) is 6.03. The SMILES string of the molecule is COCCn1ccnc1C1CCCN(c2nc(C(N)=O)cs2)C1. The third kappa shape index (κ3) is 3.53. The number of nitrogens with two attached hydrogens (primary N) is 1. The molecule has 2 aromatic heterocycles. The molecule has 0 spiro atoms. The molecule has 1 atom stereocenters. The molecule has 23 heavy (non-hydrogen) atoms. The van der Waals surface area contributed by atoms with Crippen molar-refractivity contribution in [2.24, 2.45) is 5.73 Å². The number of primary amides is 1. The molecule has 1 fully saturated rings. The fraction of sp³-hybridized carbons (Fsp3) is 0.533. The van der Waals surface area contributed by atoms with E-state index < -0.39 is 5.91 Å². The van der Waals surface area contributed by atoms with E-state index in [0.29, 0.717) is 18.2 Å². The first kappa shape index (κ1) is 15.9. The number of nitrogens with zero attached hydrogens (tertiary/aromatic N) is 4. The van der Waals surface area contributed by atoms with Crippen molar-refractivity contribution in [2.45, 2.75) is 25.3 Å². The van der Waals surface area contributed by atoms with Gasteiger partial charge < -0.3 is 19.9 Å². The highest BCUT2D eigenvalue weighted by Gasteiger charge is 2.26. The van der Waals surface area contributed by atoms with Crippen LogP contribution < -0.4 is 10.6 Å². The maximum Gasteiger partial charge on any atom is 0.268 e. The summed E-state index contributed by atoms with van der Waals surface area (Å²) in [4.78, 5) is 22.3. The summed E-state index contributed by atoms with van der Waals surface area (Å²) in [6, 6.07) is 0. The molecule has 2 N–H and O–H groups in total. The number of aromatic nitrogens is 3. The standard InChI is InChI=1S/C15H21N5O2S/c1-22-8-7-19-6-4-17-14(19)11-3-2-5-20(9-11)15-18-12(10-23-15)13(16)21/h4,6,10-11H,2-3,5,7-9H2,1H3,(H2,16,21). The fourth-order valence-electron chi connectivity index (χ4n) is 2.94. The first-order chi connectivity index (χ1) is 11.2. The minimum absolute atomic E-state index is 0.341. The van der Waals surface area contributed by atoms with Crippen LogP contribution in [0.1, 0.15) is 35.1 Å². The molecule has 0 aromatic carbocycles. The molecule has 2 aromatic rings. The van der Waals surface area contributed by atoms with E-state index in [4.69, 9.17) is 10.5 Å². The van der Waals surface area contributed by atoms with Crippen LogP contribution in [0.2, 0.25) is 0 Å². The highest BCUT2D eigenvalue weighted by atomic mass is 32.1. The fourth-order valence-corrected chi connectivity index (χ4v) is 3.80. The second-order valence-corrected chi connectivity index (χ2v) is 6.47. The number of piperidine rings is 1. The van der Waals surface area contributed by atoms with Gasteiger partial charge in [0.15, 0.2) is 5.13 Å². The number of anilines is 1. The first-order valence-electron chi connectivity index (χ1n) is 7.69. The number of hydrogen-bond acceptors (Lipinski definition) is 6. The first-order valence-corrected chi connectivity index (χ1v) is 8.57. The Bertz CT molecular complexity index is 668. The number of amides is 1. The van der Waals surface area contributed by atoms with Gasteiger partial charge in [0.1, 0.15) is 11.5 Å². The zero-order chi connectivity index (χ0) is 16.2. The summed E-state index contributed by atoms with van der Waals surface area (Å²) in [5.74, 6) is 0.978. The molecule has 1 aliphatic rings. The Morgan fingerprint density at radius 3 is 3.17 bits per heavy atom. The summed E-state index contributed by atoms with van der Waals surface area (Å²) < 4.78 is 7.32. The van der Waals surface area contributed by atoms with E-state index in [2.05, 4.69) is 19.4 Å². The molecule has 3 heterocycles. The molecule has 124 valence electrons. The van der Waals surface area contributed by atoms with Crippen molar-refractivity contribution in [1.29, 1.82) is 0 Å². The minimum atomic E-state index is -0.476. The Morgan fingerprint density at radius 1 is 1.57 bits per heavy atom. The lowest BCUT2D eigenvalue weighted by molar-refractivity contribution is 0.0996. The largest absolute Gasteiger partial charge is 0.383 e. The maximum atomic E-state index is 11.2. The van der Waals surface area contributed by atoms with Crippen LogP contribution >= 0.6 is 11.3 Å². The average Bonchev–Trinajstić information content (AvgIpc) is 3.22. The normalized spacial score (nSPS) is 18.3. The lowest BCUT2D eigenvalue weighted by Gasteiger charge is -2.32. The van der Waals surface area contributed by atoms with Gasteiger partial charge >= 0.3 is 0 Å². The Kier molecular flexibility index (Phi) is 4.92. The molecule has 3 rings (SSSR count). The lowest BCUT2D eigenvalue weighted by atomic mass is 9.97. The van der Waals surface area contributed by atoms with Crippen molar-refractivity contribution < 1.29 is 9.53 Å². The van der Waals surface area contributed by atoms with Gasteiger partial charge in [0, 0.05) is 50.4 Å². The highest BCUT2D eigenvalue weighted by Crippen LogP contribution is 2.30. The summed E-state index contributed by atoms with van der Waals surface area (Å²) in [6.45, 7) is 3.29. The summed E-state index contributed by atoms with van der Waals surface area (Å²) in [7, 11) is 1.71. The van der Waals surface area contributed by atoms with Crippen LogP contribution in [0.4, 0.5) is 5.13 Å².